The predicted molar refractivity (Wildman–Crippen MR) is 78.7 cm³/mol. The van der Waals surface area contributed by atoms with Crippen LogP contribution < -0.4 is 10.6 Å². The highest BCUT2D eigenvalue weighted by Crippen LogP contribution is 2.15. The van der Waals surface area contributed by atoms with Crippen LogP contribution in [0.3, 0.4) is 0 Å². The van der Waals surface area contributed by atoms with Crippen LogP contribution in [0, 0.1) is 12.7 Å². The minimum absolute atomic E-state index is 0.0848. The summed E-state index contributed by atoms with van der Waals surface area (Å²) >= 11 is 0. The third kappa shape index (κ3) is 5.15. The molecule has 0 aliphatic carbocycles. The number of carboxylic acids is 1. The van der Waals surface area contributed by atoms with Gasteiger partial charge < -0.3 is 10.4 Å². The predicted octanol–water partition coefficient (Wildman–Crippen LogP) is 2.30. The fraction of sp³-hybridized carbons (Fsp3) is 0.467. The summed E-state index contributed by atoms with van der Waals surface area (Å²) in [6.07, 6.45) is 1.11. The molecule has 0 radical (unpaired) electrons. The van der Waals surface area contributed by atoms with Gasteiger partial charge in [0.2, 0.25) is 5.91 Å². The summed E-state index contributed by atoms with van der Waals surface area (Å²) in [6, 6.07) is 2.96. The van der Waals surface area contributed by atoms with Crippen molar-refractivity contribution in [3.05, 3.63) is 29.6 Å². The van der Waals surface area contributed by atoms with Gasteiger partial charge in [0.1, 0.15) is 11.9 Å². The van der Waals surface area contributed by atoms with Crippen molar-refractivity contribution in [3.8, 4) is 0 Å². The molecule has 0 saturated heterocycles. The van der Waals surface area contributed by atoms with E-state index < -0.39 is 29.8 Å². The summed E-state index contributed by atoms with van der Waals surface area (Å²) in [5, 5.41) is 14.2. The molecule has 1 aromatic rings. The Labute approximate surface area is 123 Å². The molecule has 3 N–H and O–H groups in total. The molecule has 1 aromatic carbocycles. The number of anilines is 1. The van der Waals surface area contributed by atoms with Gasteiger partial charge in [-0.05, 0) is 38.0 Å². The quantitative estimate of drug-likeness (QED) is 0.721. The number of hydrogen-bond donors (Lipinski definition) is 3. The molecule has 1 rings (SSSR count). The molecule has 5 nitrogen and oxygen atoms in total. The highest BCUT2D eigenvalue weighted by atomic mass is 19.1. The largest absolute Gasteiger partial charge is 0.480 e. The Hall–Kier alpha value is -1.95. The molecule has 0 fully saturated rings. The van der Waals surface area contributed by atoms with Gasteiger partial charge in [0.15, 0.2) is 0 Å². The molecular formula is C15H21FN2O3. The summed E-state index contributed by atoms with van der Waals surface area (Å²) in [5.74, 6) is -1.99. The third-order valence-corrected chi connectivity index (χ3v) is 3.10. The second-order valence-electron chi connectivity index (χ2n) is 5.04. The van der Waals surface area contributed by atoms with Crippen LogP contribution in [0.1, 0.15) is 32.3 Å². The maximum absolute atomic E-state index is 13.7. The average Bonchev–Trinajstić information content (AvgIpc) is 2.41. The number of aliphatic carboxylic acids is 1. The normalized spacial score (nSPS) is 13.5. The Morgan fingerprint density at radius 1 is 1.38 bits per heavy atom. The van der Waals surface area contributed by atoms with Gasteiger partial charge in [0.05, 0.1) is 11.7 Å². The summed E-state index contributed by atoms with van der Waals surface area (Å²) in [6.45, 7) is 5.16. The lowest BCUT2D eigenvalue weighted by Gasteiger charge is -2.19. The Morgan fingerprint density at radius 3 is 2.57 bits per heavy atom. The van der Waals surface area contributed by atoms with Crippen molar-refractivity contribution < 1.29 is 19.1 Å². The first-order valence-corrected chi connectivity index (χ1v) is 6.91. The van der Waals surface area contributed by atoms with Gasteiger partial charge in [-0.15, -0.1) is 0 Å². The molecule has 116 valence electrons. The smallest absolute Gasteiger partial charge is 0.320 e. The first kappa shape index (κ1) is 17.1. The van der Waals surface area contributed by atoms with Crippen molar-refractivity contribution in [1.29, 1.82) is 0 Å². The van der Waals surface area contributed by atoms with Gasteiger partial charge in [0, 0.05) is 0 Å². The molecule has 2 atom stereocenters. The van der Waals surface area contributed by atoms with E-state index in [9.17, 15) is 14.0 Å². The number of carbonyl (C=O) groups excluding carboxylic acids is 1. The Kier molecular flexibility index (Phi) is 6.30. The van der Waals surface area contributed by atoms with Gasteiger partial charge in [0.25, 0.3) is 0 Å². The molecule has 0 aliphatic heterocycles. The Bertz CT molecular complexity index is 520. The van der Waals surface area contributed by atoms with Crippen LogP contribution in [0.25, 0.3) is 0 Å². The highest BCUT2D eigenvalue weighted by Gasteiger charge is 2.22. The van der Waals surface area contributed by atoms with E-state index in [1.54, 1.807) is 19.9 Å². The van der Waals surface area contributed by atoms with Crippen molar-refractivity contribution >= 4 is 17.6 Å². The summed E-state index contributed by atoms with van der Waals surface area (Å²) < 4.78 is 13.7. The standard InChI is InChI=1S/C15H21FN2O3/c1-4-5-13(15(20)21)17-10(3)14(19)18-12-7-6-9(2)8-11(12)16/h6-8,10,13,17H,4-5H2,1-3H3,(H,18,19)(H,20,21). The van der Waals surface area contributed by atoms with Crippen molar-refractivity contribution in [2.45, 2.75) is 45.7 Å². The van der Waals surface area contributed by atoms with Crippen LogP contribution in [0.2, 0.25) is 0 Å². The van der Waals surface area contributed by atoms with E-state index in [-0.39, 0.29) is 5.69 Å². The van der Waals surface area contributed by atoms with Gasteiger partial charge in [-0.3, -0.25) is 14.9 Å². The molecule has 0 aromatic heterocycles. The molecule has 0 spiro atoms. The monoisotopic (exact) mass is 296 g/mol. The topological polar surface area (TPSA) is 78.4 Å². The number of rotatable bonds is 7. The number of carboxylic acid groups (broad SMARTS) is 1. The molecule has 6 heteroatoms. The number of benzene rings is 1. The van der Waals surface area contributed by atoms with E-state index in [2.05, 4.69) is 10.6 Å². The maximum atomic E-state index is 13.7. The second-order valence-corrected chi connectivity index (χ2v) is 5.04. The first-order valence-electron chi connectivity index (χ1n) is 6.91. The summed E-state index contributed by atoms with van der Waals surface area (Å²) in [4.78, 5) is 23.0. The fourth-order valence-electron chi connectivity index (χ4n) is 1.91. The van der Waals surface area contributed by atoms with E-state index in [0.717, 1.165) is 5.56 Å². The van der Waals surface area contributed by atoms with Crippen molar-refractivity contribution in [3.63, 3.8) is 0 Å². The zero-order valence-electron chi connectivity index (χ0n) is 12.4. The van der Waals surface area contributed by atoms with Gasteiger partial charge in [-0.1, -0.05) is 19.4 Å². The van der Waals surface area contributed by atoms with Crippen molar-refractivity contribution in [2.24, 2.45) is 0 Å². The number of hydrogen-bond acceptors (Lipinski definition) is 3. The zero-order valence-corrected chi connectivity index (χ0v) is 12.4. The van der Waals surface area contributed by atoms with Gasteiger partial charge in [-0.2, -0.15) is 0 Å². The lowest BCUT2D eigenvalue weighted by atomic mass is 10.1. The lowest BCUT2D eigenvalue weighted by molar-refractivity contribution is -0.140. The second kappa shape index (κ2) is 7.73. The van der Waals surface area contributed by atoms with Gasteiger partial charge >= 0.3 is 5.97 Å². The van der Waals surface area contributed by atoms with Crippen LogP contribution in [-0.2, 0) is 9.59 Å². The van der Waals surface area contributed by atoms with Crippen LogP contribution in [0.4, 0.5) is 10.1 Å². The van der Waals surface area contributed by atoms with Crippen LogP contribution in [0.5, 0.6) is 0 Å². The Morgan fingerprint density at radius 2 is 2.05 bits per heavy atom. The van der Waals surface area contributed by atoms with Crippen molar-refractivity contribution in [1.82, 2.24) is 5.32 Å². The fourth-order valence-corrected chi connectivity index (χ4v) is 1.91. The van der Waals surface area contributed by atoms with E-state index >= 15 is 0 Å². The Balaban J connectivity index is 2.67. The summed E-state index contributed by atoms with van der Waals surface area (Å²) in [7, 11) is 0. The van der Waals surface area contributed by atoms with Crippen molar-refractivity contribution in [2.75, 3.05) is 5.32 Å². The van der Waals surface area contributed by atoms with E-state index in [0.29, 0.717) is 12.8 Å². The SMILES string of the molecule is CCCC(NC(C)C(=O)Nc1ccc(C)cc1F)C(=O)O. The molecule has 1 amide bonds. The molecule has 21 heavy (non-hydrogen) atoms. The highest BCUT2D eigenvalue weighted by molar-refractivity contribution is 5.95. The van der Waals surface area contributed by atoms with E-state index in [1.807, 2.05) is 6.92 Å². The number of carbonyl (C=O) groups is 2. The van der Waals surface area contributed by atoms with E-state index in [1.165, 1.54) is 12.1 Å². The molecule has 0 saturated carbocycles. The third-order valence-electron chi connectivity index (χ3n) is 3.10. The molecule has 0 aliphatic rings. The molecule has 0 heterocycles. The van der Waals surface area contributed by atoms with Crippen LogP contribution >= 0.6 is 0 Å². The number of halogens is 1. The summed E-state index contributed by atoms with van der Waals surface area (Å²) in [5.41, 5.74) is 0.840. The van der Waals surface area contributed by atoms with Crippen LogP contribution in [-0.4, -0.2) is 29.1 Å². The minimum Gasteiger partial charge on any atom is -0.480 e. The molecular weight excluding hydrogens is 275 g/mol. The zero-order chi connectivity index (χ0) is 16.0. The number of aryl methyl sites for hydroxylation is 1. The average molecular weight is 296 g/mol. The van der Waals surface area contributed by atoms with Crippen LogP contribution in [0.15, 0.2) is 18.2 Å². The lowest BCUT2D eigenvalue weighted by Crippen LogP contribution is -2.47. The van der Waals surface area contributed by atoms with E-state index in [4.69, 9.17) is 5.11 Å². The first-order chi connectivity index (χ1) is 9.85. The molecule has 2 unspecified atom stereocenters. The molecule has 0 bridgehead atoms. The number of amides is 1. The minimum atomic E-state index is -1.00. The van der Waals surface area contributed by atoms with Gasteiger partial charge in [-0.25, -0.2) is 4.39 Å². The maximum Gasteiger partial charge on any atom is 0.320 e. The number of nitrogens with one attached hydrogen (secondary N) is 2.